The van der Waals surface area contributed by atoms with Crippen molar-refractivity contribution in [3.05, 3.63) is 29.8 Å². The van der Waals surface area contributed by atoms with Gasteiger partial charge in [0.1, 0.15) is 18.8 Å². The van der Waals surface area contributed by atoms with Crippen molar-refractivity contribution in [3.8, 4) is 0 Å². The molecule has 0 aliphatic heterocycles. The lowest BCUT2D eigenvalue weighted by Gasteiger charge is -2.28. The van der Waals surface area contributed by atoms with E-state index in [9.17, 15) is 27.2 Å². The van der Waals surface area contributed by atoms with Gasteiger partial charge in [-0.3, -0.25) is 9.59 Å². The molecule has 0 heterocycles. The summed E-state index contributed by atoms with van der Waals surface area (Å²) in [6, 6.07) is 1.71. The Balaban J connectivity index is 3.22. The summed E-state index contributed by atoms with van der Waals surface area (Å²) in [5.41, 5.74) is 5.63. The number of nitrogens with one attached hydrogen (secondary N) is 2. The van der Waals surface area contributed by atoms with E-state index in [1.165, 1.54) is 38.1 Å². The molecule has 1 aromatic carbocycles. The van der Waals surface area contributed by atoms with E-state index in [1.54, 1.807) is 0 Å². The summed E-state index contributed by atoms with van der Waals surface area (Å²) in [6.45, 7) is 1.59. The van der Waals surface area contributed by atoms with Gasteiger partial charge < -0.3 is 21.1 Å². The number of sulfone groups is 1. The Bertz CT molecular complexity index is 896. The molecular weight excluding hydrogens is 476 g/mol. The standard InChI is InChI=1S/C18H24Cl2FN3O6S/c1-9(22)16(25)23-10(2)18(27)30-14(13(8-21)24-17(26)15(19)20)11-4-6-12(7-5-11)31(3,28)29/h4-7,9-10,13-15H,8,22H2,1-3H3,(H,23,25)(H,24,26)/t9-,10-,13+,14+/m0/s1. The molecule has 4 N–H and O–H groups in total. The largest absolute Gasteiger partial charge is 0.454 e. The van der Waals surface area contributed by atoms with Crippen LogP contribution in [0.1, 0.15) is 25.5 Å². The zero-order chi connectivity index (χ0) is 23.9. The molecule has 0 aliphatic carbocycles. The van der Waals surface area contributed by atoms with Crippen molar-refractivity contribution in [2.75, 3.05) is 12.9 Å². The molecule has 0 spiro atoms. The highest BCUT2D eigenvalue weighted by atomic mass is 35.5. The van der Waals surface area contributed by atoms with Crippen LogP contribution in [0.4, 0.5) is 4.39 Å². The maximum atomic E-state index is 13.8. The number of carbonyl (C=O) groups is 3. The maximum absolute atomic E-state index is 13.8. The lowest BCUT2D eigenvalue weighted by Crippen LogP contribution is -2.48. The van der Waals surface area contributed by atoms with Crippen molar-refractivity contribution < 1.29 is 31.9 Å². The van der Waals surface area contributed by atoms with Crippen LogP contribution in [0.5, 0.6) is 0 Å². The van der Waals surface area contributed by atoms with E-state index < -0.39 is 63.4 Å². The maximum Gasteiger partial charge on any atom is 0.329 e. The molecule has 31 heavy (non-hydrogen) atoms. The second kappa shape index (κ2) is 11.6. The van der Waals surface area contributed by atoms with E-state index in [1.807, 2.05) is 0 Å². The smallest absolute Gasteiger partial charge is 0.329 e. The van der Waals surface area contributed by atoms with E-state index >= 15 is 0 Å². The quantitative estimate of drug-likeness (QED) is 0.318. The molecule has 0 aromatic heterocycles. The minimum absolute atomic E-state index is 0.0127. The molecular formula is C18H24Cl2FN3O6S. The van der Waals surface area contributed by atoms with Crippen LogP contribution >= 0.6 is 23.2 Å². The van der Waals surface area contributed by atoms with Crippen molar-refractivity contribution in [3.63, 3.8) is 0 Å². The van der Waals surface area contributed by atoms with Gasteiger partial charge in [-0.15, -0.1) is 0 Å². The van der Waals surface area contributed by atoms with Crippen molar-refractivity contribution in [1.82, 2.24) is 10.6 Å². The Morgan fingerprint density at radius 1 is 1.10 bits per heavy atom. The monoisotopic (exact) mass is 499 g/mol. The first-order chi connectivity index (χ1) is 14.3. The Morgan fingerprint density at radius 3 is 2.06 bits per heavy atom. The summed E-state index contributed by atoms with van der Waals surface area (Å²) in [7, 11) is -3.51. The fourth-order valence-corrected chi connectivity index (χ4v) is 3.12. The van der Waals surface area contributed by atoms with Crippen LogP contribution in [0.15, 0.2) is 29.2 Å². The Kier molecular flexibility index (Phi) is 10.1. The molecule has 0 radical (unpaired) electrons. The number of ether oxygens (including phenoxy) is 1. The number of hydrogen-bond acceptors (Lipinski definition) is 7. The normalized spacial score (nSPS) is 15.5. The van der Waals surface area contributed by atoms with E-state index in [4.69, 9.17) is 33.7 Å². The van der Waals surface area contributed by atoms with Gasteiger partial charge in [0.2, 0.25) is 5.91 Å². The number of rotatable bonds is 10. The topological polar surface area (TPSA) is 145 Å². The van der Waals surface area contributed by atoms with Crippen molar-refractivity contribution in [2.45, 2.75) is 47.8 Å². The fourth-order valence-electron chi connectivity index (χ4n) is 2.36. The molecule has 0 fully saturated rings. The van der Waals surface area contributed by atoms with Gasteiger partial charge in [0, 0.05) is 6.26 Å². The molecule has 9 nitrogen and oxygen atoms in total. The third kappa shape index (κ3) is 8.24. The SMILES string of the molecule is C[C@H](N)C(=O)N[C@@H](C)C(=O)O[C@H](c1ccc(S(C)(=O)=O)cc1)[C@@H](CF)NC(=O)C(Cl)Cl. The highest BCUT2D eigenvalue weighted by molar-refractivity contribution is 7.90. The average molecular weight is 500 g/mol. The Labute approximate surface area is 189 Å². The third-order valence-corrected chi connectivity index (χ3v) is 5.59. The second-order valence-electron chi connectivity index (χ2n) is 6.79. The average Bonchev–Trinajstić information content (AvgIpc) is 2.69. The van der Waals surface area contributed by atoms with Gasteiger partial charge >= 0.3 is 5.97 Å². The van der Waals surface area contributed by atoms with Gasteiger partial charge in [-0.05, 0) is 31.5 Å². The number of nitrogens with two attached hydrogens (primary N) is 1. The molecule has 174 valence electrons. The van der Waals surface area contributed by atoms with Crippen LogP contribution in [0.2, 0.25) is 0 Å². The third-order valence-electron chi connectivity index (χ3n) is 4.06. The number of hydrogen-bond donors (Lipinski definition) is 3. The first kappa shape index (κ1) is 27.1. The van der Waals surface area contributed by atoms with Gasteiger partial charge in [-0.1, -0.05) is 35.3 Å². The number of halogens is 3. The first-order valence-electron chi connectivity index (χ1n) is 8.98. The fraction of sp³-hybridized carbons (Fsp3) is 0.500. The minimum atomic E-state index is -3.51. The van der Waals surface area contributed by atoms with Gasteiger partial charge in [0.25, 0.3) is 5.91 Å². The molecule has 0 saturated carbocycles. The Hall–Kier alpha value is -1.95. The first-order valence-corrected chi connectivity index (χ1v) is 11.7. The number of alkyl halides is 3. The molecule has 0 saturated heterocycles. The lowest BCUT2D eigenvalue weighted by atomic mass is 10.0. The summed E-state index contributed by atoms with van der Waals surface area (Å²) in [5.74, 6) is -2.47. The number of esters is 1. The van der Waals surface area contributed by atoms with Crippen LogP contribution < -0.4 is 16.4 Å². The summed E-state index contributed by atoms with van der Waals surface area (Å²) in [6.07, 6.45) is -0.370. The van der Waals surface area contributed by atoms with Crippen molar-refractivity contribution in [2.24, 2.45) is 5.73 Å². The molecule has 0 aliphatic rings. The van der Waals surface area contributed by atoms with E-state index in [0.29, 0.717) is 0 Å². The number of amides is 2. The molecule has 1 rings (SSSR count). The van der Waals surface area contributed by atoms with Gasteiger partial charge in [-0.25, -0.2) is 17.6 Å². The summed E-state index contributed by atoms with van der Waals surface area (Å²) >= 11 is 11.0. The predicted octanol–water partition coefficient (Wildman–Crippen LogP) is 0.784. The van der Waals surface area contributed by atoms with Gasteiger partial charge in [-0.2, -0.15) is 0 Å². The van der Waals surface area contributed by atoms with Crippen molar-refractivity contribution in [1.29, 1.82) is 0 Å². The highest BCUT2D eigenvalue weighted by Crippen LogP contribution is 2.25. The number of carbonyl (C=O) groups excluding carboxylic acids is 3. The van der Waals surface area contributed by atoms with Crippen LogP contribution in [-0.4, -0.2) is 62.1 Å². The molecule has 13 heteroatoms. The van der Waals surface area contributed by atoms with E-state index in [2.05, 4.69) is 10.6 Å². The molecule has 0 bridgehead atoms. The van der Waals surface area contributed by atoms with Crippen LogP contribution in [0.25, 0.3) is 0 Å². The van der Waals surface area contributed by atoms with E-state index in [0.717, 1.165) is 6.26 Å². The summed E-state index contributed by atoms with van der Waals surface area (Å²) in [5, 5.41) is 4.57. The zero-order valence-electron chi connectivity index (χ0n) is 17.0. The number of benzene rings is 1. The predicted molar refractivity (Wildman–Crippen MR) is 113 cm³/mol. The lowest BCUT2D eigenvalue weighted by molar-refractivity contribution is -0.155. The molecule has 1 aromatic rings. The van der Waals surface area contributed by atoms with Gasteiger partial charge in [0.15, 0.2) is 14.7 Å². The minimum Gasteiger partial charge on any atom is -0.454 e. The van der Waals surface area contributed by atoms with Gasteiger partial charge in [0.05, 0.1) is 17.0 Å². The molecule has 0 unspecified atom stereocenters. The summed E-state index contributed by atoms with van der Waals surface area (Å²) < 4.78 is 42.5. The molecule has 4 atom stereocenters. The molecule has 2 amide bonds. The van der Waals surface area contributed by atoms with Crippen molar-refractivity contribution >= 4 is 50.8 Å². The van der Waals surface area contributed by atoms with Crippen LogP contribution in [0, 0.1) is 0 Å². The van der Waals surface area contributed by atoms with Crippen LogP contribution in [0.3, 0.4) is 0 Å². The zero-order valence-corrected chi connectivity index (χ0v) is 19.3. The summed E-state index contributed by atoms with van der Waals surface area (Å²) in [4.78, 5) is 34.5. The van der Waals surface area contributed by atoms with E-state index in [-0.39, 0.29) is 10.5 Å². The Morgan fingerprint density at radius 2 is 1.65 bits per heavy atom. The second-order valence-corrected chi connectivity index (χ2v) is 9.90. The van der Waals surface area contributed by atoms with Crippen LogP contribution in [-0.2, 0) is 29.0 Å². The highest BCUT2D eigenvalue weighted by Gasteiger charge is 2.32.